The summed E-state index contributed by atoms with van der Waals surface area (Å²) < 4.78 is 4.95. The predicted molar refractivity (Wildman–Crippen MR) is 62.1 cm³/mol. The molecule has 0 amide bonds. The monoisotopic (exact) mass is 238 g/mol. The molecule has 100 valence electrons. The molecule has 2 atom stereocenters. The van der Waals surface area contributed by atoms with Crippen molar-refractivity contribution in [1.82, 2.24) is 0 Å². The van der Waals surface area contributed by atoms with Crippen molar-refractivity contribution in [3.63, 3.8) is 0 Å². The van der Waals surface area contributed by atoms with Gasteiger partial charge in [0.25, 0.3) is 0 Å². The minimum Gasteiger partial charge on any atom is -0.396 e. The number of aliphatic hydroxyl groups is 4. The van der Waals surface area contributed by atoms with E-state index in [4.69, 9.17) is 25.2 Å². The maximum atomic E-state index is 8.69. The first kappa shape index (κ1) is 18.2. The second-order valence-corrected chi connectivity index (χ2v) is 4.66. The zero-order valence-corrected chi connectivity index (χ0v) is 10.7. The maximum absolute atomic E-state index is 8.69. The third-order valence-electron chi connectivity index (χ3n) is 1.74. The highest BCUT2D eigenvalue weighted by molar-refractivity contribution is 4.62. The molecule has 0 aromatic carbocycles. The zero-order valence-electron chi connectivity index (χ0n) is 10.7. The molecule has 2 unspecified atom stereocenters. The average Bonchev–Trinajstić information content (AvgIpc) is 2.26. The van der Waals surface area contributed by atoms with Crippen LogP contribution in [0.15, 0.2) is 0 Å². The Hall–Kier alpha value is -0.200. The van der Waals surface area contributed by atoms with Gasteiger partial charge in [0, 0.05) is 5.41 Å². The van der Waals surface area contributed by atoms with Crippen molar-refractivity contribution >= 4 is 0 Å². The Morgan fingerprint density at radius 1 is 1.06 bits per heavy atom. The summed E-state index contributed by atoms with van der Waals surface area (Å²) in [4.78, 5) is 0. The molecule has 0 radical (unpaired) electrons. The molecule has 0 spiro atoms. The molecule has 5 heteroatoms. The number of hydrogen-bond acceptors (Lipinski definition) is 5. The normalized spacial score (nSPS) is 15.0. The summed E-state index contributed by atoms with van der Waals surface area (Å²) in [5.74, 6) is 0. The van der Waals surface area contributed by atoms with Gasteiger partial charge in [-0.05, 0) is 13.8 Å². The molecular weight excluding hydrogens is 212 g/mol. The molecule has 0 aliphatic carbocycles. The average molecular weight is 238 g/mol. The summed E-state index contributed by atoms with van der Waals surface area (Å²) in [6.45, 7) is 7.38. The molecular formula is C11H26O5. The van der Waals surface area contributed by atoms with Gasteiger partial charge in [-0.25, -0.2) is 0 Å². The zero-order chi connectivity index (χ0) is 13.2. The summed E-state index contributed by atoms with van der Waals surface area (Å²) in [6.07, 6.45) is -0.612. The van der Waals surface area contributed by atoms with Crippen LogP contribution in [0, 0.1) is 5.41 Å². The van der Waals surface area contributed by atoms with Crippen molar-refractivity contribution in [3.05, 3.63) is 0 Å². The van der Waals surface area contributed by atoms with Crippen molar-refractivity contribution in [1.29, 1.82) is 0 Å². The Morgan fingerprint density at radius 2 is 1.50 bits per heavy atom. The molecule has 0 aromatic heterocycles. The van der Waals surface area contributed by atoms with Crippen LogP contribution in [-0.2, 0) is 4.74 Å². The van der Waals surface area contributed by atoms with Crippen molar-refractivity contribution in [2.45, 2.75) is 39.9 Å². The SMILES string of the molecule is CC(C)(CO)CO.CC(O)COC(C)CO. The predicted octanol–water partition coefficient (Wildman–Crippen LogP) is -0.238. The van der Waals surface area contributed by atoms with E-state index in [1.807, 2.05) is 0 Å². The first-order valence-electron chi connectivity index (χ1n) is 5.41. The second kappa shape index (κ2) is 9.99. The summed E-state index contributed by atoms with van der Waals surface area (Å²) in [5, 5.41) is 34.0. The Bertz CT molecular complexity index is 141. The quantitative estimate of drug-likeness (QED) is 0.513. The van der Waals surface area contributed by atoms with Gasteiger partial charge in [0.1, 0.15) is 0 Å². The molecule has 0 aliphatic heterocycles. The lowest BCUT2D eigenvalue weighted by atomic mass is 9.97. The Labute approximate surface area is 97.7 Å². The summed E-state index contributed by atoms with van der Waals surface area (Å²) >= 11 is 0. The van der Waals surface area contributed by atoms with Gasteiger partial charge in [-0.1, -0.05) is 13.8 Å². The van der Waals surface area contributed by atoms with Crippen LogP contribution in [0.1, 0.15) is 27.7 Å². The number of rotatable bonds is 6. The van der Waals surface area contributed by atoms with Crippen molar-refractivity contribution < 1.29 is 25.2 Å². The standard InChI is InChI=1S/C6H14O3.C5H12O2/c1-5(8)4-9-6(2)3-7;1-5(2,3-6)4-7/h5-8H,3-4H2,1-2H3;6-7H,3-4H2,1-2H3. The van der Waals surface area contributed by atoms with Gasteiger partial charge in [0.2, 0.25) is 0 Å². The van der Waals surface area contributed by atoms with Crippen molar-refractivity contribution in [2.24, 2.45) is 5.41 Å². The van der Waals surface area contributed by atoms with E-state index < -0.39 is 6.10 Å². The van der Waals surface area contributed by atoms with E-state index in [1.54, 1.807) is 27.7 Å². The van der Waals surface area contributed by atoms with Crippen LogP contribution in [-0.4, -0.2) is 59.1 Å². The van der Waals surface area contributed by atoms with Gasteiger partial charge in [-0.15, -0.1) is 0 Å². The molecule has 0 fully saturated rings. The Morgan fingerprint density at radius 3 is 1.69 bits per heavy atom. The minimum absolute atomic E-state index is 0.00667. The molecule has 5 nitrogen and oxygen atoms in total. The topological polar surface area (TPSA) is 90.2 Å². The summed E-state index contributed by atoms with van der Waals surface area (Å²) in [5.41, 5.74) is -0.306. The van der Waals surface area contributed by atoms with E-state index in [1.165, 1.54) is 0 Å². The Balaban J connectivity index is 0. The van der Waals surface area contributed by atoms with Crippen LogP contribution in [0.3, 0.4) is 0 Å². The van der Waals surface area contributed by atoms with Crippen LogP contribution in [0.5, 0.6) is 0 Å². The lowest BCUT2D eigenvalue weighted by Crippen LogP contribution is -2.20. The molecule has 0 aliphatic rings. The van der Waals surface area contributed by atoms with E-state index >= 15 is 0 Å². The lowest BCUT2D eigenvalue weighted by Gasteiger charge is -2.16. The highest BCUT2D eigenvalue weighted by Crippen LogP contribution is 2.10. The van der Waals surface area contributed by atoms with Crippen molar-refractivity contribution in [2.75, 3.05) is 26.4 Å². The second-order valence-electron chi connectivity index (χ2n) is 4.66. The van der Waals surface area contributed by atoms with E-state index in [0.29, 0.717) is 6.61 Å². The van der Waals surface area contributed by atoms with Gasteiger partial charge < -0.3 is 25.2 Å². The summed E-state index contributed by atoms with van der Waals surface area (Å²) in [7, 11) is 0. The van der Waals surface area contributed by atoms with E-state index in [-0.39, 0.29) is 31.3 Å². The van der Waals surface area contributed by atoms with E-state index in [2.05, 4.69) is 0 Å². The molecule has 0 saturated heterocycles. The highest BCUT2D eigenvalue weighted by atomic mass is 16.5. The third-order valence-corrected chi connectivity index (χ3v) is 1.74. The molecule has 0 rings (SSSR count). The van der Waals surface area contributed by atoms with Gasteiger partial charge in [0.15, 0.2) is 0 Å². The molecule has 4 N–H and O–H groups in total. The highest BCUT2D eigenvalue weighted by Gasteiger charge is 2.13. The molecule has 0 heterocycles. The molecule has 0 saturated carbocycles. The van der Waals surface area contributed by atoms with Crippen LogP contribution in [0.2, 0.25) is 0 Å². The number of ether oxygens (including phenoxy) is 1. The summed E-state index contributed by atoms with van der Waals surface area (Å²) in [6, 6.07) is 0. The number of aliphatic hydroxyl groups excluding tert-OH is 4. The van der Waals surface area contributed by atoms with Gasteiger partial charge in [0.05, 0.1) is 38.6 Å². The van der Waals surface area contributed by atoms with Crippen LogP contribution >= 0.6 is 0 Å². The van der Waals surface area contributed by atoms with Crippen molar-refractivity contribution in [3.8, 4) is 0 Å². The van der Waals surface area contributed by atoms with E-state index in [0.717, 1.165) is 0 Å². The van der Waals surface area contributed by atoms with E-state index in [9.17, 15) is 0 Å². The fraction of sp³-hybridized carbons (Fsp3) is 1.00. The smallest absolute Gasteiger partial charge is 0.0779 e. The number of hydrogen-bond donors (Lipinski definition) is 4. The molecule has 16 heavy (non-hydrogen) atoms. The minimum atomic E-state index is -0.445. The maximum Gasteiger partial charge on any atom is 0.0779 e. The molecule has 0 bridgehead atoms. The fourth-order valence-corrected chi connectivity index (χ4v) is 0.406. The first-order chi connectivity index (χ1) is 7.29. The Kier molecular flexibility index (Phi) is 11.3. The lowest BCUT2D eigenvalue weighted by molar-refractivity contribution is -0.0177. The third kappa shape index (κ3) is 13.8. The van der Waals surface area contributed by atoms with Crippen LogP contribution in [0.25, 0.3) is 0 Å². The van der Waals surface area contributed by atoms with Gasteiger partial charge in [-0.3, -0.25) is 0 Å². The van der Waals surface area contributed by atoms with Gasteiger partial charge in [-0.2, -0.15) is 0 Å². The molecule has 0 aromatic rings. The van der Waals surface area contributed by atoms with Crippen LogP contribution in [0.4, 0.5) is 0 Å². The first-order valence-corrected chi connectivity index (χ1v) is 5.41. The largest absolute Gasteiger partial charge is 0.396 e. The van der Waals surface area contributed by atoms with Crippen LogP contribution < -0.4 is 0 Å². The van der Waals surface area contributed by atoms with Gasteiger partial charge >= 0.3 is 0 Å². The fourth-order valence-electron chi connectivity index (χ4n) is 0.406.